The van der Waals surface area contributed by atoms with Crippen molar-refractivity contribution < 1.29 is 28.5 Å². The van der Waals surface area contributed by atoms with Crippen LogP contribution in [-0.2, 0) is 23.7 Å². The summed E-state index contributed by atoms with van der Waals surface area (Å²) in [5, 5.41) is 0. The largest absolute Gasteiger partial charge is 0.462 e. The molecule has 0 unspecified atom stereocenters. The Bertz CT molecular complexity index is 846. The van der Waals surface area contributed by atoms with E-state index in [1.165, 1.54) is 0 Å². The summed E-state index contributed by atoms with van der Waals surface area (Å²) < 4.78 is 21.3. The molecule has 0 amide bonds. The highest BCUT2D eigenvalue weighted by molar-refractivity contribution is 5.91. The third-order valence-electron chi connectivity index (χ3n) is 4.46. The molecule has 0 aliphatic heterocycles. The lowest BCUT2D eigenvalue weighted by Crippen LogP contribution is -2.10. The molecule has 172 valence electrons. The molecule has 0 bridgehead atoms. The van der Waals surface area contributed by atoms with Gasteiger partial charge in [-0.25, -0.2) is 9.59 Å². The summed E-state index contributed by atoms with van der Waals surface area (Å²) in [6.45, 7) is 8.01. The van der Waals surface area contributed by atoms with Gasteiger partial charge in [0.25, 0.3) is 0 Å². The summed E-state index contributed by atoms with van der Waals surface area (Å²) in [6, 6.07) is 17.4. The van der Waals surface area contributed by atoms with Gasteiger partial charge < -0.3 is 18.9 Å². The van der Waals surface area contributed by atoms with Crippen LogP contribution in [0.1, 0.15) is 36.5 Å². The summed E-state index contributed by atoms with van der Waals surface area (Å²) in [4.78, 5) is 23.5. The number of rotatable bonds is 15. The first-order valence-corrected chi connectivity index (χ1v) is 10.9. The number of carbonyl (C=O) groups is 2. The number of ether oxygens (including phenoxy) is 4. The summed E-state index contributed by atoms with van der Waals surface area (Å²) in [5.74, 6) is -0.699. The maximum absolute atomic E-state index is 12.3. The normalized spacial score (nSPS) is 10.5. The van der Waals surface area contributed by atoms with Crippen LogP contribution in [0.4, 0.5) is 0 Å². The van der Waals surface area contributed by atoms with Gasteiger partial charge in [-0.2, -0.15) is 0 Å². The maximum Gasteiger partial charge on any atom is 0.338 e. The lowest BCUT2D eigenvalue weighted by atomic mass is 10.0. The molecule has 0 atom stereocenters. The molecule has 0 aromatic heterocycles. The fraction of sp³-hybridized carbons (Fsp3) is 0.385. The Morgan fingerprint density at radius 1 is 0.719 bits per heavy atom. The fourth-order valence-electron chi connectivity index (χ4n) is 2.78. The van der Waals surface area contributed by atoms with Gasteiger partial charge in [-0.3, -0.25) is 0 Å². The van der Waals surface area contributed by atoms with E-state index in [-0.39, 0.29) is 11.9 Å². The molecule has 2 aromatic carbocycles. The SMILES string of the molecule is C=C(C)C(=O)OCCCOCCCOCCCOC(=O)c1cccc(-c2ccccc2)c1. The molecular weight excluding hydrogens is 408 g/mol. The van der Waals surface area contributed by atoms with Crippen molar-refractivity contribution in [2.45, 2.75) is 26.2 Å². The van der Waals surface area contributed by atoms with E-state index in [1.807, 2.05) is 48.5 Å². The summed E-state index contributed by atoms with van der Waals surface area (Å²) >= 11 is 0. The lowest BCUT2D eigenvalue weighted by molar-refractivity contribution is -0.139. The zero-order valence-corrected chi connectivity index (χ0v) is 18.7. The Hall–Kier alpha value is -2.96. The molecule has 0 N–H and O–H groups in total. The molecule has 6 nitrogen and oxygen atoms in total. The van der Waals surface area contributed by atoms with Crippen molar-refractivity contribution in [2.75, 3.05) is 39.6 Å². The molecule has 0 aliphatic carbocycles. The van der Waals surface area contributed by atoms with Gasteiger partial charge in [0.2, 0.25) is 0 Å². The first kappa shape index (κ1) is 25.3. The number of esters is 2. The van der Waals surface area contributed by atoms with Crippen LogP contribution in [0.3, 0.4) is 0 Å². The van der Waals surface area contributed by atoms with Gasteiger partial charge in [0, 0.05) is 44.8 Å². The molecule has 2 rings (SSSR count). The summed E-state index contributed by atoms with van der Waals surface area (Å²) in [6.07, 6.45) is 2.07. The average molecular weight is 441 g/mol. The van der Waals surface area contributed by atoms with Crippen LogP contribution in [0.25, 0.3) is 11.1 Å². The molecule has 0 saturated carbocycles. The van der Waals surface area contributed by atoms with E-state index >= 15 is 0 Å². The molecule has 0 radical (unpaired) electrons. The van der Waals surface area contributed by atoms with Crippen molar-refractivity contribution >= 4 is 11.9 Å². The number of hydrogen-bond donors (Lipinski definition) is 0. The van der Waals surface area contributed by atoms with Crippen LogP contribution in [0.15, 0.2) is 66.7 Å². The van der Waals surface area contributed by atoms with Crippen molar-refractivity contribution in [3.05, 3.63) is 72.3 Å². The number of hydrogen-bond acceptors (Lipinski definition) is 6. The van der Waals surface area contributed by atoms with E-state index in [2.05, 4.69) is 6.58 Å². The van der Waals surface area contributed by atoms with E-state index < -0.39 is 0 Å². The highest BCUT2D eigenvalue weighted by atomic mass is 16.5. The van der Waals surface area contributed by atoms with Gasteiger partial charge >= 0.3 is 11.9 Å². The smallest absolute Gasteiger partial charge is 0.338 e. The molecule has 0 fully saturated rings. The minimum atomic E-state index is -0.371. The van der Waals surface area contributed by atoms with Crippen LogP contribution in [0, 0.1) is 0 Å². The van der Waals surface area contributed by atoms with Crippen LogP contribution < -0.4 is 0 Å². The zero-order chi connectivity index (χ0) is 23.0. The van der Waals surface area contributed by atoms with Gasteiger partial charge in [-0.1, -0.05) is 49.0 Å². The second kappa shape index (κ2) is 14.9. The minimum Gasteiger partial charge on any atom is -0.462 e. The van der Waals surface area contributed by atoms with E-state index in [9.17, 15) is 9.59 Å². The van der Waals surface area contributed by atoms with Crippen molar-refractivity contribution in [1.29, 1.82) is 0 Å². The van der Waals surface area contributed by atoms with Crippen LogP contribution in [0.5, 0.6) is 0 Å². The third kappa shape index (κ3) is 9.90. The second-order valence-electron chi connectivity index (χ2n) is 7.28. The number of carbonyl (C=O) groups excluding carboxylic acids is 2. The molecule has 32 heavy (non-hydrogen) atoms. The Balaban J connectivity index is 1.47. The van der Waals surface area contributed by atoms with Crippen molar-refractivity contribution in [1.82, 2.24) is 0 Å². The van der Waals surface area contributed by atoms with E-state index in [0.717, 1.165) is 17.5 Å². The Morgan fingerprint density at radius 3 is 1.91 bits per heavy atom. The van der Waals surface area contributed by atoms with Gasteiger partial charge in [-0.15, -0.1) is 0 Å². The summed E-state index contributed by atoms with van der Waals surface area (Å²) in [7, 11) is 0. The lowest BCUT2D eigenvalue weighted by Gasteiger charge is -2.08. The summed E-state index contributed by atoms with van der Waals surface area (Å²) in [5.41, 5.74) is 2.98. The Morgan fingerprint density at radius 2 is 1.28 bits per heavy atom. The molecule has 6 heteroatoms. The van der Waals surface area contributed by atoms with Gasteiger partial charge in [0.1, 0.15) is 0 Å². The monoisotopic (exact) mass is 440 g/mol. The van der Waals surface area contributed by atoms with E-state index in [4.69, 9.17) is 18.9 Å². The standard InChI is InChI=1S/C26H32O6/c1-21(2)25(27)31-18-8-16-29-14-7-15-30-17-9-19-32-26(28)24-13-6-12-23(20-24)22-10-4-3-5-11-22/h3-6,10-13,20H,1,7-9,14-19H2,2H3. The highest BCUT2D eigenvalue weighted by Crippen LogP contribution is 2.20. The second-order valence-corrected chi connectivity index (χ2v) is 7.28. The van der Waals surface area contributed by atoms with Crippen molar-refractivity contribution in [2.24, 2.45) is 0 Å². The first-order valence-electron chi connectivity index (χ1n) is 10.9. The third-order valence-corrected chi connectivity index (χ3v) is 4.46. The Labute approximate surface area is 190 Å². The molecule has 0 saturated heterocycles. The predicted molar refractivity (Wildman–Crippen MR) is 123 cm³/mol. The average Bonchev–Trinajstić information content (AvgIpc) is 2.82. The van der Waals surface area contributed by atoms with E-state index in [1.54, 1.807) is 13.0 Å². The minimum absolute atomic E-state index is 0.313. The molecular formula is C26H32O6. The molecule has 0 aliphatic rings. The van der Waals surface area contributed by atoms with Crippen LogP contribution in [-0.4, -0.2) is 51.6 Å². The Kier molecular flexibility index (Phi) is 11.8. The molecule has 2 aromatic rings. The first-order chi connectivity index (χ1) is 15.6. The van der Waals surface area contributed by atoms with Crippen LogP contribution in [0.2, 0.25) is 0 Å². The number of benzene rings is 2. The highest BCUT2D eigenvalue weighted by Gasteiger charge is 2.08. The van der Waals surface area contributed by atoms with Gasteiger partial charge in [-0.05, 0) is 36.6 Å². The van der Waals surface area contributed by atoms with Crippen molar-refractivity contribution in [3.63, 3.8) is 0 Å². The van der Waals surface area contributed by atoms with Crippen molar-refractivity contribution in [3.8, 4) is 11.1 Å². The topological polar surface area (TPSA) is 71.1 Å². The quantitative estimate of drug-likeness (QED) is 0.224. The molecule has 0 heterocycles. The zero-order valence-electron chi connectivity index (χ0n) is 18.7. The predicted octanol–water partition coefficient (Wildman–Crippen LogP) is 4.83. The van der Waals surface area contributed by atoms with Gasteiger partial charge in [0.15, 0.2) is 0 Å². The molecule has 0 spiro atoms. The van der Waals surface area contributed by atoms with Gasteiger partial charge in [0.05, 0.1) is 18.8 Å². The van der Waals surface area contributed by atoms with Crippen LogP contribution >= 0.6 is 0 Å². The maximum atomic E-state index is 12.3. The fourth-order valence-corrected chi connectivity index (χ4v) is 2.78. The van der Waals surface area contributed by atoms with E-state index in [0.29, 0.717) is 63.6 Å².